The van der Waals surface area contributed by atoms with Crippen LogP contribution in [0, 0.1) is 5.92 Å². The molecule has 7 heterocycles. The SMILES string of the molecule is CC[C@@]1(OP(=O)(O)OC[C@H]2O[C@@H](n3cnc4c(NC(C)=O)nc(Cl)nc43)C[C@@H]2C)C(=O)OCc2c1cc1n(c2=O)Cc2cc3ccccc3nc2-1. The number of carbonyl (C=O) groups is 2. The van der Waals surface area contributed by atoms with E-state index in [0.717, 1.165) is 16.5 Å². The van der Waals surface area contributed by atoms with Gasteiger partial charge in [-0.1, -0.05) is 32.0 Å². The van der Waals surface area contributed by atoms with Crippen molar-refractivity contribution in [3.05, 3.63) is 75.1 Å². The highest BCUT2D eigenvalue weighted by Gasteiger charge is 2.53. The Hall–Kier alpha value is -4.57. The van der Waals surface area contributed by atoms with Crippen molar-refractivity contribution in [3.8, 4) is 11.4 Å². The van der Waals surface area contributed by atoms with Crippen molar-refractivity contribution >= 4 is 59.2 Å². The Morgan fingerprint density at radius 3 is 2.80 bits per heavy atom. The summed E-state index contributed by atoms with van der Waals surface area (Å²) >= 11 is 6.12. The van der Waals surface area contributed by atoms with E-state index in [0.29, 0.717) is 29.0 Å². The normalized spacial score (nSPS) is 23.5. The Morgan fingerprint density at radius 1 is 1.22 bits per heavy atom. The van der Waals surface area contributed by atoms with Crippen LogP contribution >= 0.6 is 19.4 Å². The van der Waals surface area contributed by atoms with Gasteiger partial charge in [0.05, 0.1) is 48.1 Å². The molecule has 51 heavy (non-hydrogen) atoms. The smallest absolute Gasteiger partial charge is 0.458 e. The molecule has 3 aliphatic rings. The van der Waals surface area contributed by atoms with Gasteiger partial charge in [-0.2, -0.15) is 9.97 Å². The summed E-state index contributed by atoms with van der Waals surface area (Å²) in [6.45, 7) is 4.39. The number of hydrogen-bond acceptors (Lipinski definition) is 12. The first-order valence-electron chi connectivity index (χ1n) is 16.2. The van der Waals surface area contributed by atoms with E-state index in [9.17, 15) is 23.8 Å². The van der Waals surface area contributed by atoms with Gasteiger partial charge in [0.15, 0.2) is 17.0 Å². The van der Waals surface area contributed by atoms with E-state index in [-0.39, 0.29) is 60.2 Å². The highest BCUT2D eigenvalue weighted by Crippen LogP contribution is 2.54. The summed E-state index contributed by atoms with van der Waals surface area (Å²) in [4.78, 5) is 67.5. The highest BCUT2D eigenvalue weighted by atomic mass is 35.5. The number of benzene rings is 1. The highest BCUT2D eigenvalue weighted by molar-refractivity contribution is 7.47. The summed E-state index contributed by atoms with van der Waals surface area (Å²) < 4.78 is 39.7. The fraction of sp³-hybridized carbons (Fsp3) is 0.364. The topological polar surface area (TPSA) is 199 Å². The second kappa shape index (κ2) is 12.3. The molecular formula is C33H31ClN7O9P. The van der Waals surface area contributed by atoms with Crippen molar-refractivity contribution in [2.75, 3.05) is 11.9 Å². The molecular weight excluding hydrogens is 705 g/mol. The molecule has 8 rings (SSSR count). The number of imidazole rings is 1. The number of hydrogen-bond donors (Lipinski definition) is 2. The summed E-state index contributed by atoms with van der Waals surface area (Å²) in [5, 5.41) is 3.40. The monoisotopic (exact) mass is 735 g/mol. The first-order valence-corrected chi connectivity index (χ1v) is 18.1. The fourth-order valence-corrected chi connectivity index (χ4v) is 8.30. The average Bonchev–Trinajstić information content (AvgIpc) is 3.78. The minimum Gasteiger partial charge on any atom is -0.458 e. The van der Waals surface area contributed by atoms with Gasteiger partial charge in [-0.3, -0.25) is 23.2 Å². The summed E-state index contributed by atoms with van der Waals surface area (Å²) in [6, 6.07) is 11.2. The number of phosphoric acid groups is 1. The molecule has 3 aliphatic heterocycles. The van der Waals surface area contributed by atoms with Gasteiger partial charge in [0.1, 0.15) is 12.8 Å². The van der Waals surface area contributed by atoms with E-state index in [1.54, 1.807) is 22.1 Å². The van der Waals surface area contributed by atoms with E-state index >= 15 is 0 Å². The first kappa shape index (κ1) is 33.6. The Bertz CT molecular complexity index is 2400. The zero-order chi connectivity index (χ0) is 35.8. The van der Waals surface area contributed by atoms with Crippen molar-refractivity contribution in [2.24, 2.45) is 5.92 Å². The van der Waals surface area contributed by atoms with Gasteiger partial charge >= 0.3 is 13.8 Å². The summed E-state index contributed by atoms with van der Waals surface area (Å²) in [5.74, 6) is -1.30. The zero-order valence-corrected chi connectivity index (χ0v) is 29.2. The van der Waals surface area contributed by atoms with Crippen molar-refractivity contribution in [1.82, 2.24) is 29.1 Å². The molecule has 0 spiro atoms. The lowest BCUT2D eigenvalue weighted by molar-refractivity contribution is -0.171. The molecule has 0 saturated carbocycles. The van der Waals surface area contributed by atoms with E-state index in [1.807, 2.05) is 37.3 Å². The molecule has 1 fully saturated rings. The maximum Gasteiger partial charge on any atom is 0.473 e. The maximum atomic E-state index is 13.8. The number of ether oxygens (including phenoxy) is 2. The third-order valence-electron chi connectivity index (χ3n) is 9.60. The number of aromatic nitrogens is 6. The van der Waals surface area contributed by atoms with Gasteiger partial charge in [-0.25, -0.2) is 19.3 Å². The van der Waals surface area contributed by atoms with Crippen molar-refractivity contribution < 1.29 is 37.6 Å². The molecule has 1 aromatic carbocycles. The summed E-state index contributed by atoms with van der Waals surface area (Å²) in [5.41, 5.74) is 0.991. The Balaban J connectivity index is 1.05. The third kappa shape index (κ3) is 5.62. The Morgan fingerprint density at radius 2 is 2.02 bits per heavy atom. The van der Waals surface area contributed by atoms with Crippen LogP contribution < -0.4 is 10.9 Å². The standard InChI is InChI=1S/C33H31ClN7O9P/c1-4-33(21-11-23-26-19(10-18-7-5-6-8-22(18)37-26)12-40(23)30(43)20(21)13-47-31(33)44)50-51(45,46)48-14-24-16(2)9-25(49-24)41-15-35-27-28(36-17(3)42)38-32(34)39-29(27)41/h5-8,10-11,15-16,24-25H,4,9,12-14H2,1-3H3,(H,45,46)(H,36,38,39,42)/t16-,24+,25+,33-/m0/s1. The minimum atomic E-state index is -5.00. The van der Waals surface area contributed by atoms with Crippen LogP contribution in [0.15, 0.2) is 47.5 Å². The number of nitrogens with zero attached hydrogens (tertiary/aromatic N) is 6. The number of phosphoric ester groups is 1. The first-order chi connectivity index (χ1) is 24.4. The number of para-hydroxylation sites is 1. The summed E-state index contributed by atoms with van der Waals surface area (Å²) in [6.07, 6.45) is 0.502. The number of anilines is 1. The van der Waals surface area contributed by atoms with Crippen molar-refractivity contribution in [2.45, 2.75) is 64.7 Å². The molecule has 0 bridgehead atoms. The number of halogens is 1. The number of carbonyl (C=O) groups excluding carboxylic acids is 2. The van der Waals surface area contributed by atoms with E-state index in [4.69, 9.17) is 35.1 Å². The second-order valence-corrected chi connectivity index (χ2v) is 14.5. The Kier molecular flexibility index (Phi) is 8.09. The number of rotatable bonds is 8. The van der Waals surface area contributed by atoms with Crippen LogP contribution in [-0.2, 0) is 51.4 Å². The molecule has 5 aromatic rings. The molecule has 1 unspecified atom stereocenters. The largest absolute Gasteiger partial charge is 0.473 e. The summed E-state index contributed by atoms with van der Waals surface area (Å²) in [7, 11) is -5.00. The lowest BCUT2D eigenvalue weighted by atomic mass is 9.86. The van der Waals surface area contributed by atoms with E-state index < -0.39 is 37.3 Å². The number of pyridine rings is 2. The van der Waals surface area contributed by atoms with Gasteiger partial charge < -0.3 is 24.3 Å². The molecule has 264 valence electrons. The fourth-order valence-electron chi connectivity index (χ4n) is 7.05. The number of amides is 1. The molecule has 4 aromatic heterocycles. The number of esters is 1. The number of fused-ring (bicyclic) bond motifs is 6. The van der Waals surface area contributed by atoms with Crippen LogP contribution in [0.1, 0.15) is 56.5 Å². The predicted octanol–water partition coefficient (Wildman–Crippen LogP) is 4.60. The predicted molar refractivity (Wildman–Crippen MR) is 181 cm³/mol. The molecule has 2 N–H and O–H groups in total. The lowest BCUT2D eigenvalue weighted by Gasteiger charge is -2.36. The molecule has 0 radical (unpaired) electrons. The van der Waals surface area contributed by atoms with E-state index in [2.05, 4.69) is 20.3 Å². The van der Waals surface area contributed by atoms with Crippen LogP contribution in [0.4, 0.5) is 5.82 Å². The van der Waals surface area contributed by atoms with E-state index in [1.165, 1.54) is 13.3 Å². The van der Waals surface area contributed by atoms with Gasteiger partial charge in [-0.05, 0) is 48.6 Å². The lowest BCUT2D eigenvalue weighted by Crippen LogP contribution is -2.46. The van der Waals surface area contributed by atoms with Crippen LogP contribution in [0.25, 0.3) is 33.5 Å². The molecule has 16 nitrogen and oxygen atoms in total. The molecule has 1 amide bonds. The van der Waals surface area contributed by atoms with Crippen LogP contribution in [0.3, 0.4) is 0 Å². The maximum absolute atomic E-state index is 13.8. The number of cyclic esters (lactones) is 1. The van der Waals surface area contributed by atoms with Gasteiger partial charge in [0.25, 0.3) is 5.56 Å². The van der Waals surface area contributed by atoms with Crippen molar-refractivity contribution in [3.63, 3.8) is 0 Å². The molecule has 0 aliphatic carbocycles. The van der Waals surface area contributed by atoms with Gasteiger partial charge in [0.2, 0.25) is 16.8 Å². The van der Waals surface area contributed by atoms with Gasteiger partial charge in [0, 0.05) is 23.4 Å². The third-order valence-corrected chi connectivity index (χ3v) is 10.8. The molecule has 1 saturated heterocycles. The van der Waals surface area contributed by atoms with Gasteiger partial charge in [-0.15, -0.1) is 0 Å². The van der Waals surface area contributed by atoms with Crippen LogP contribution in [0.5, 0.6) is 0 Å². The average molecular weight is 736 g/mol. The second-order valence-electron chi connectivity index (χ2n) is 12.8. The van der Waals surface area contributed by atoms with Crippen LogP contribution in [0.2, 0.25) is 5.28 Å². The number of nitrogens with one attached hydrogen (secondary N) is 1. The van der Waals surface area contributed by atoms with Crippen LogP contribution in [-0.4, -0.2) is 58.6 Å². The quantitative estimate of drug-likeness (QED) is 0.125. The Labute approximate surface area is 294 Å². The van der Waals surface area contributed by atoms with Crippen molar-refractivity contribution in [1.29, 1.82) is 0 Å². The molecule has 5 atom stereocenters. The minimum absolute atomic E-state index is 0.105. The molecule has 18 heteroatoms. The zero-order valence-electron chi connectivity index (χ0n) is 27.5.